The molecule has 2 bridgehead atoms. The van der Waals surface area contributed by atoms with Crippen LogP contribution in [0.3, 0.4) is 0 Å². The van der Waals surface area contributed by atoms with E-state index in [0.29, 0.717) is 0 Å². The van der Waals surface area contributed by atoms with Crippen LogP contribution in [0.15, 0.2) is 24.3 Å². The van der Waals surface area contributed by atoms with Crippen molar-refractivity contribution < 1.29 is 19.0 Å². The molecular formula is C25H44O4Si. The number of hydrogen-bond acceptors (Lipinski definition) is 4. The minimum Gasteiger partial charge on any atom is -0.411 e. The molecule has 0 aromatic rings. The third-order valence-corrected chi connectivity index (χ3v) is 13.7. The second-order valence-electron chi connectivity index (χ2n) is 11.8. The van der Waals surface area contributed by atoms with Gasteiger partial charge in [0.2, 0.25) is 0 Å². The molecule has 0 aromatic carbocycles. The van der Waals surface area contributed by atoms with Gasteiger partial charge in [0.15, 0.2) is 8.32 Å². The molecule has 5 heteroatoms. The number of fused-ring (bicyclic) bond motifs is 2. The van der Waals surface area contributed by atoms with Gasteiger partial charge < -0.3 is 19.0 Å². The quantitative estimate of drug-likeness (QED) is 0.310. The molecule has 0 aromatic heterocycles. The van der Waals surface area contributed by atoms with E-state index in [0.717, 1.165) is 37.7 Å². The molecule has 0 aliphatic heterocycles. The van der Waals surface area contributed by atoms with E-state index in [1.807, 2.05) is 6.08 Å². The number of hydrogen-bond donors (Lipinski definition) is 1. The first-order valence-electron chi connectivity index (χ1n) is 11.6. The minimum atomic E-state index is -1.89. The summed E-state index contributed by atoms with van der Waals surface area (Å²) in [5, 5.41) is 12.7. The summed E-state index contributed by atoms with van der Waals surface area (Å²) in [7, 11) is -0.251. The van der Waals surface area contributed by atoms with Crippen LogP contribution < -0.4 is 0 Å². The Bertz CT molecular complexity index is 692. The Labute approximate surface area is 185 Å². The van der Waals surface area contributed by atoms with Crippen molar-refractivity contribution in [2.24, 2.45) is 16.7 Å². The third-order valence-electron chi connectivity index (χ3n) is 9.16. The highest BCUT2D eigenvalue weighted by Crippen LogP contribution is 2.73. The summed E-state index contributed by atoms with van der Waals surface area (Å²) < 4.78 is 18.2. The lowest BCUT2D eigenvalue weighted by molar-refractivity contribution is -0.173. The number of rotatable bonds is 7. The average molecular weight is 437 g/mol. The van der Waals surface area contributed by atoms with Crippen LogP contribution in [-0.2, 0) is 13.9 Å². The summed E-state index contributed by atoms with van der Waals surface area (Å²) in [6.45, 7) is 20.4. The number of ether oxygens (including phenoxy) is 2. The molecule has 172 valence electrons. The van der Waals surface area contributed by atoms with E-state index in [1.54, 1.807) is 7.11 Å². The van der Waals surface area contributed by atoms with Crippen molar-refractivity contribution in [2.45, 2.75) is 103 Å². The van der Waals surface area contributed by atoms with Crippen LogP contribution in [0, 0.1) is 16.7 Å². The van der Waals surface area contributed by atoms with Crippen molar-refractivity contribution in [2.75, 3.05) is 13.9 Å². The lowest BCUT2D eigenvalue weighted by atomic mass is 9.59. The Morgan fingerprint density at radius 1 is 1.27 bits per heavy atom. The summed E-state index contributed by atoms with van der Waals surface area (Å²) >= 11 is 0. The molecule has 0 saturated heterocycles. The molecule has 2 fully saturated rings. The molecule has 2 saturated carbocycles. The first kappa shape index (κ1) is 24.2. The van der Waals surface area contributed by atoms with Crippen LogP contribution in [0.4, 0.5) is 0 Å². The molecule has 3 rings (SSSR count). The van der Waals surface area contributed by atoms with E-state index in [4.69, 9.17) is 13.9 Å². The van der Waals surface area contributed by atoms with Gasteiger partial charge in [-0.05, 0) is 67.1 Å². The molecule has 1 N–H and O–H groups in total. The topological polar surface area (TPSA) is 47.9 Å². The second-order valence-corrected chi connectivity index (χ2v) is 16.6. The standard InChI is InChI=1S/C25H44O4Si/c1-10-24-15-14-20(23(24,5)6)21(28-17-27-7)25(24,26)18-12-11-13-19(16-18)29-30(8,9)22(2,3)4/h10,16,19-21,26H,1,11-15,17H2,2-9H3/t19-,20+,21+,24+,25+/m0/s1. The summed E-state index contributed by atoms with van der Waals surface area (Å²) in [5.74, 6) is 0.276. The van der Waals surface area contributed by atoms with Crippen LogP contribution >= 0.6 is 0 Å². The monoisotopic (exact) mass is 436 g/mol. The summed E-state index contributed by atoms with van der Waals surface area (Å²) in [4.78, 5) is 0. The van der Waals surface area contributed by atoms with E-state index >= 15 is 0 Å². The molecule has 30 heavy (non-hydrogen) atoms. The van der Waals surface area contributed by atoms with Crippen molar-refractivity contribution in [1.29, 1.82) is 0 Å². The molecule has 5 atom stereocenters. The molecule has 3 aliphatic rings. The SMILES string of the molecule is C=C[C@]12CC[C@H]([C@@H](OCOC)[C@]1(O)C1=C[C@@H](O[Si](C)(C)C(C)(C)C)CCC1)C2(C)C. The van der Waals surface area contributed by atoms with E-state index in [2.05, 4.69) is 60.4 Å². The fourth-order valence-electron chi connectivity index (χ4n) is 6.37. The highest BCUT2D eigenvalue weighted by molar-refractivity contribution is 6.74. The Hall–Kier alpha value is -0.463. The maximum Gasteiger partial charge on any atom is 0.192 e. The fourth-order valence-corrected chi connectivity index (χ4v) is 7.67. The molecule has 0 heterocycles. The van der Waals surface area contributed by atoms with Gasteiger partial charge in [0, 0.05) is 12.5 Å². The molecule has 0 amide bonds. The van der Waals surface area contributed by atoms with Crippen LogP contribution in [0.5, 0.6) is 0 Å². The normalized spacial score (nSPS) is 38.6. The van der Waals surface area contributed by atoms with Gasteiger partial charge in [-0.15, -0.1) is 6.58 Å². The van der Waals surface area contributed by atoms with Crippen molar-refractivity contribution >= 4 is 8.32 Å². The van der Waals surface area contributed by atoms with Crippen molar-refractivity contribution in [3.8, 4) is 0 Å². The Morgan fingerprint density at radius 3 is 2.50 bits per heavy atom. The maximum atomic E-state index is 12.5. The van der Waals surface area contributed by atoms with Crippen LogP contribution in [0.25, 0.3) is 0 Å². The van der Waals surface area contributed by atoms with Crippen LogP contribution in [0.2, 0.25) is 18.1 Å². The smallest absolute Gasteiger partial charge is 0.192 e. The predicted molar refractivity (Wildman–Crippen MR) is 125 cm³/mol. The van der Waals surface area contributed by atoms with Crippen molar-refractivity contribution in [3.05, 3.63) is 24.3 Å². The second kappa shape index (κ2) is 7.84. The van der Waals surface area contributed by atoms with E-state index < -0.39 is 19.3 Å². The van der Waals surface area contributed by atoms with Crippen LogP contribution in [0.1, 0.15) is 66.7 Å². The van der Waals surface area contributed by atoms with Gasteiger partial charge in [-0.2, -0.15) is 0 Å². The fraction of sp³-hybridized carbons (Fsp3) is 0.840. The Kier molecular flexibility index (Phi) is 6.32. The molecular weight excluding hydrogens is 392 g/mol. The Balaban J connectivity index is 2.02. The Morgan fingerprint density at radius 2 is 1.93 bits per heavy atom. The van der Waals surface area contributed by atoms with Gasteiger partial charge in [0.1, 0.15) is 12.4 Å². The van der Waals surface area contributed by atoms with Gasteiger partial charge >= 0.3 is 0 Å². The average Bonchev–Trinajstić information content (AvgIpc) is 2.99. The van der Waals surface area contributed by atoms with Gasteiger partial charge in [-0.3, -0.25) is 0 Å². The summed E-state index contributed by atoms with van der Waals surface area (Å²) in [6.07, 6.45) is 8.99. The largest absolute Gasteiger partial charge is 0.411 e. The van der Waals surface area contributed by atoms with Gasteiger partial charge in [0.05, 0.1) is 12.2 Å². The highest BCUT2D eigenvalue weighted by atomic mass is 28.4. The zero-order valence-corrected chi connectivity index (χ0v) is 21.5. The zero-order chi connectivity index (χ0) is 22.6. The van der Waals surface area contributed by atoms with Crippen molar-refractivity contribution in [3.63, 3.8) is 0 Å². The van der Waals surface area contributed by atoms with E-state index in [-0.39, 0.29) is 35.4 Å². The number of methoxy groups -OCH3 is 1. The predicted octanol–water partition coefficient (Wildman–Crippen LogP) is 5.83. The van der Waals surface area contributed by atoms with E-state index in [9.17, 15) is 5.11 Å². The first-order valence-corrected chi connectivity index (χ1v) is 14.5. The molecule has 4 nitrogen and oxygen atoms in total. The minimum absolute atomic E-state index is 0.0610. The van der Waals surface area contributed by atoms with Crippen LogP contribution in [-0.4, -0.2) is 45.1 Å². The van der Waals surface area contributed by atoms with Gasteiger partial charge in [0.25, 0.3) is 0 Å². The number of aliphatic hydroxyl groups is 1. The van der Waals surface area contributed by atoms with E-state index in [1.165, 1.54) is 0 Å². The zero-order valence-electron chi connectivity index (χ0n) is 20.5. The molecule has 0 unspecified atom stereocenters. The lowest BCUT2D eigenvalue weighted by Gasteiger charge is -2.50. The molecule has 0 spiro atoms. The highest BCUT2D eigenvalue weighted by Gasteiger charge is 2.75. The van der Waals surface area contributed by atoms with Crippen molar-refractivity contribution in [1.82, 2.24) is 0 Å². The van der Waals surface area contributed by atoms with Gasteiger partial charge in [-0.1, -0.05) is 46.8 Å². The first-order chi connectivity index (χ1) is 13.8. The lowest BCUT2D eigenvalue weighted by Crippen LogP contribution is -2.57. The maximum absolute atomic E-state index is 12.5. The van der Waals surface area contributed by atoms with Gasteiger partial charge in [-0.25, -0.2) is 0 Å². The summed E-state index contributed by atoms with van der Waals surface area (Å²) in [5.41, 5.74) is -0.451. The third kappa shape index (κ3) is 3.31. The molecule has 0 radical (unpaired) electrons. The summed E-state index contributed by atoms with van der Waals surface area (Å²) in [6, 6.07) is 0. The molecule has 3 aliphatic carbocycles.